The lowest BCUT2D eigenvalue weighted by Crippen LogP contribution is -1.88. The van der Waals surface area contributed by atoms with Gasteiger partial charge in [0, 0.05) is 15.8 Å². The molecule has 0 radical (unpaired) electrons. The monoisotopic (exact) mass is 292 g/mol. The van der Waals surface area contributed by atoms with Crippen LogP contribution in [0.15, 0.2) is 42.1 Å². The SMILES string of the molecule is C=CCSc1nc(Cl)c2sc3ccccc3c2n1. The van der Waals surface area contributed by atoms with Gasteiger partial charge in [0.25, 0.3) is 0 Å². The van der Waals surface area contributed by atoms with Gasteiger partial charge < -0.3 is 0 Å². The summed E-state index contributed by atoms with van der Waals surface area (Å²) in [5.74, 6) is 0.782. The van der Waals surface area contributed by atoms with E-state index in [1.165, 1.54) is 4.70 Å². The van der Waals surface area contributed by atoms with E-state index >= 15 is 0 Å². The lowest BCUT2D eigenvalue weighted by Gasteiger charge is -1.99. The van der Waals surface area contributed by atoms with Crippen molar-refractivity contribution in [2.45, 2.75) is 5.16 Å². The van der Waals surface area contributed by atoms with Gasteiger partial charge in [0.05, 0.1) is 10.2 Å². The van der Waals surface area contributed by atoms with Crippen LogP contribution in [-0.4, -0.2) is 15.7 Å². The molecule has 1 aromatic carbocycles. The molecule has 3 rings (SSSR count). The predicted molar refractivity (Wildman–Crippen MR) is 80.9 cm³/mol. The number of aromatic nitrogens is 2. The molecule has 0 saturated heterocycles. The van der Waals surface area contributed by atoms with Gasteiger partial charge >= 0.3 is 0 Å². The van der Waals surface area contributed by atoms with Crippen LogP contribution in [0.3, 0.4) is 0 Å². The molecule has 0 N–H and O–H groups in total. The average Bonchev–Trinajstić information content (AvgIpc) is 2.76. The van der Waals surface area contributed by atoms with Gasteiger partial charge in [0.2, 0.25) is 0 Å². The van der Waals surface area contributed by atoms with Crippen molar-refractivity contribution in [3.05, 3.63) is 42.1 Å². The van der Waals surface area contributed by atoms with E-state index in [-0.39, 0.29) is 0 Å². The van der Waals surface area contributed by atoms with Gasteiger partial charge in [-0.15, -0.1) is 17.9 Å². The molecule has 5 heteroatoms. The van der Waals surface area contributed by atoms with E-state index in [1.54, 1.807) is 23.1 Å². The summed E-state index contributed by atoms with van der Waals surface area (Å²) < 4.78 is 2.15. The molecule has 0 aliphatic heterocycles. The van der Waals surface area contributed by atoms with E-state index in [0.717, 1.165) is 21.4 Å². The summed E-state index contributed by atoms with van der Waals surface area (Å²) >= 11 is 9.41. The molecular weight excluding hydrogens is 284 g/mol. The lowest BCUT2D eigenvalue weighted by molar-refractivity contribution is 1.01. The van der Waals surface area contributed by atoms with Crippen LogP contribution in [0.25, 0.3) is 20.3 Å². The Hall–Kier alpha value is -1.10. The van der Waals surface area contributed by atoms with Gasteiger partial charge in [-0.25, -0.2) is 9.97 Å². The van der Waals surface area contributed by atoms with Crippen LogP contribution in [0, 0.1) is 0 Å². The molecule has 18 heavy (non-hydrogen) atoms. The van der Waals surface area contributed by atoms with Crippen LogP contribution in [0.4, 0.5) is 0 Å². The Morgan fingerprint density at radius 3 is 3.00 bits per heavy atom. The number of thioether (sulfide) groups is 1. The molecule has 0 unspecified atom stereocenters. The summed E-state index contributed by atoms with van der Waals surface area (Å²) in [4.78, 5) is 8.91. The van der Waals surface area contributed by atoms with Crippen molar-refractivity contribution in [2.75, 3.05) is 5.75 Å². The molecule has 0 fully saturated rings. The van der Waals surface area contributed by atoms with E-state index in [2.05, 4.69) is 28.7 Å². The Balaban J connectivity index is 2.26. The van der Waals surface area contributed by atoms with Crippen LogP contribution in [0.2, 0.25) is 5.15 Å². The molecule has 0 saturated carbocycles. The zero-order valence-electron chi connectivity index (χ0n) is 9.39. The highest BCUT2D eigenvalue weighted by Gasteiger charge is 2.12. The molecule has 2 nitrogen and oxygen atoms in total. The van der Waals surface area contributed by atoms with Gasteiger partial charge in [-0.2, -0.15) is 0 Å². The van der Waals surface area contributed by atoms with E-state index in [9.17, 15) is 0 Å². The topological polar surface area (TPSA) is 25.8 Å². The smallest absolute Gasteiger partial charge is 0.189 e. The van der Waals surface area contributed by atoms with Crippen LogP contribution in [0.5, 0.6) is 0 Å². The second kappa shape index (κ2) is 4.88. The summed E-state index contributed by atoms with van der Waals surface area (Å²) in [6, 6.07) is 8.18. The van der Waals surface area contributed by atoms with Gasteiger partial charge in [0.15, 0.2) is 10.3 Å². The predicted octanol–water partition coefficient (Wildman–Crippen LogP) is 4.78. The summed E-state index contributed by atoms with van der Waals surface area (Å²) in [6.07, 6.45) is 1.83. The van der Waals surface area contributed by atoms with E-state index in [4.69, 9.17) is 11.6 Å². The molecule has 0 bridgehead atoms. The Morgan fingerprint density at radius 1 is 1.33 bits per heavy atom. The van der Waals surface area contributed by atoms with Crippen molar-refractivity contribution in [3.8, 4) is 0 Å². The Labute approximate surface area is 118 Å². The fourth-order valence-corrected chi connectivity index (χ4v) is 3.67. The average molecular weight is 293 g/mol. The molecule has 0 aliphatic rings. The zero-order valence-corrected chi connectivity index (χ0v) is 11.8. The minimum absolute atomic E-state index is 0.535. The summed E-state index contributed by atoms with van der Waals surface area (Å²) in [5.41, 5.74) is 0.946. The number of nitrogens with zero attached hydrogens (tertiary/aromatic N) is 2. The van der Waals surface area contributed by atoms with Gasteiger partial charge in [-0.05, 0) is 6.07 Å². The molecule has 0 atom stereocenters. The van der Waals surface area contributed by atoms with E-state index < -0.39 is 0 Å². The van der Waals surface area contributed by atoms with Gasteiger partial charge in [-0.1, -0.05) is 47.6 Å². The van der Waals surface area contributed by atoms with Crippen LogP contribution in [-0.2, 0) is 0 Å². The van der Waals surface area contributed by atoms with Crippen molar-refractivity contribution in [3.63, 3.8) is 0 Å². The molecule has 2 heterocycles. The fourth-order valence-electron chi connectivity index (χ4n) is 1.74. The molecule has 0 aliphatic carbocycles. The normalized spacial score (nSPS) is 11.2. The second-order valence-electron chi connectivity index (χ2n) is 3.67. The minimum Gasteiger partial charge on any atom is -0.221 e. The molecule has 0 amide bonds. The highest BCUT2D eigenvalue weighted by molar-refractivity contribution is 7.99. The number of rotatable bonds is 3. The van der Waals surface area contributed by atoms with Crippen molar-refractivity contribution in [1.29, 1.82) is 0 Å². The Kier molecular flexibility index (Phi) is 3.24. The second-order valence-corrected chi connectivity index (χ2v) is 6.07. The van der Waals surface area contributed by atoms with Crippen LogP contribution in [0.1, 0.15) is 0 Å². The highest BCUT2D eigenvalue weighted by atomic mass is 35.5. The van der Waals surface area contributed by atoms with Crippen molar-refractivity contribution < 1.29 is 0 Å². The quantitative estimate of drug-likeness (QED) is 0.301. The maximum absolute atomic E-state index is 6.23. The third kappa shape index (κ3) is 2.00. The first-order chi connectivity index (χ1) is 8.79. The first-order valence-corrected chi connectivity index (χ1v) is 7.56. The van der Waals surface area contributed by atoms with E-state index in [0.29, 0.717) is 10.3 Å². The first kappa shape index (κ1) is 12.0. The third-order valence-electron chi connectivity index (χ3n) is 2.49. The summed E-state index contributed by atoms with van der Waals surface area (Å²) in [5, 5.41) is 2.38. The summed E-state index contributed by atoms with van der Waals surface area (Å²) in [7, 11) is 0. The van der Waals surface area contributed by atoms with Gasteiger partial charge in [-0.3, -0.25) is 0 Å². The van der Waals surface area contributed by atoms with Crippen LogP contribution < -0.4 is 0 Å². The number of thiophene rings is 1. The lowest BCUT2D eigenvalue weighted by atomic mass is 10.2. The number of fused-ring (bicyclic) bond motifs is 3. The highest BCUT2D eigenvalue weighted by Crippen LogP contribution is 2.36. The maximum Gasteiger partial charge on any atom is 0.189 e. The number of benzene rings is 1. The standard InChI is InChI=1S/C13H9ClN2S2/c1-2-7-17-13-15-10-8-5-3-4-6-9(8)18-11(10)12(14)16-13/h2-6H,1,7H2. The molecule has 3 aromatic rings. The van der Waals surface area contributed by atoms with Crippen molar-refractivity contribution in [2.24, 2.45) is 0 Å². The minimum atomic E-state index is 0.535. The zero-order chi connectivity index (χ0) is 12.5. The number of halogens is 1. The first-order valence-electron chi connectivity index (χ1n) is 5.38. The molecule has 90 valence electrons. The fraction of sp³-hybridized carbons (Fsp3) is 0.0769. The number of hydrogen-bond donors (Lipinski definition) is 0. The van der Waals surface area contributed by atoms with Gasteiger partial charge in [0.1, 0.15) is 0 Å². The van der Waals surface area contributed by atoms with E-state index in [1.807, 2.05) is 18.2 Å². The maximum atomic E-state index is 6.23. The number of hydrogen-bond acceptors (Lipinski definition) is 4. The largest absolute Gasteiger partial charge is 0.221 e. The van der Waals surface area contributed by atoms with Crippen LogP contribution >= 0.6 is 34.7 Å². The molecule has 0 spiro atoms. The molecular formula is C13H9ClN2S2. The Morgan fingerprint density at radius 2 is 2.17 bits per heavy atom. The Bertz CT molecular complexity index is 736. The third-order valence-corrected chi connectivity index (χ3v) is 4.88. The van der Waals surface area contributed by atoms with Crippen molar-refractivity contribution >= 4 is 55.0 Å². The summed E-state index contributed by atoms with van der Waals surface area (Å²) in [6.45, 7) is 3.69. The van der Waals surface area contributed by atoms with Crippen molar-refractivity contribution in [1.82, 2.24) is 9.97 Å². The molecule has 2 aromatic heterocycles.